The summed E-state index contributed by atoms with van der Waals surface area (Å²) in [5.41, 5.74) is 6.82. The second-order valence-corrected chi connectivity index (χ2v) is 6.83. The van der Waals surface area contributed by atoms with E-state index in [1.807, 2.05) is 6.92 Å². The summed E-state index contributed by atoms with van der Waals surface area (Å²) in [4.78, 5) is 8.06. The van der Waals surface area contributed by atoms with Gasteiger partial charge < -0.3 is 5.73 Å². The average molecular weight is 314 g/mol. The van der Waals surface area contributed by atoms with Crippen molar-refractivity contribution in [1.29, 1.82) is 0 Å². The van der Waals surface area contributed by atoms with Crippen LogP contribution in [0.1, 0.15) is 13.3 Å². The summed E-state index contributed by atoms with van der Waals surface area (Å²) in [5, 5.41) is 0.538. The van der Waals surface area contributed by atoms with Gasteiger partial charge in [-0.1, -0.05) is 24.8 Å². The quantitative estimate of drug-likeness (QED) is 0.693. The number of anilines is 1. The van der Waals surface area contributed by atoms with Crippen molar-refractivity contribution in [2.45, 2.75) is 13.3 Å². The van der Waals surface area contributed by atoms with Gasteiger partial charge in [0, 0.05) is 17.5 Å². The topological polar surface area (TPSA) is 90.3 Å². The molecule has 1 atom stereocenters. The largest absolute Gasteiger partial charge is 0.396 e. The number of fused-ring (bicyclic) bond motifs is 1. The molecule has 7 heteroatoms. The van der Waals surface area contributed by atoms with Crippen LogP contribution in [0.3, 0.4) is 0 Å². The van der Waals surface area contributed by atoms with Crippen LogP contribution in [0.25, 0.3) is 11.0 Å². The first-order chi connectivity index (χ1) is 10.4. The van der Waals surface area contributed by atoms with Gasteiger partial charge in [0.25, 0.3) is 10.0 Å². The lowest BCUT2D eigenvalue weighted by Gasteiger charge is -2.11. The van der Waals surface area contributed by atoms with E-state index in [-0.39, 0.29) is 16.5 Å². The van der Waals surface area contributed by atoms with Gasteiger partial charge in [-0.15, -0.1) is 0 Å². The number of nitrogens with two attached hydrogens (primary N) is 1. The molecule has 0 spiro atoms. The molecule has 0 amide bonds. The van der Waals surface area contributed by atoms with E-state index in [0.717, 1.165) is 3.97 Å². The Balaban J connectivity index is 2.21. The molecular formula is C15H14N4O2S. The van der Waals surface area contributed by atoms with Gasteiger partial charge in [-0.2, -0.15) is 8.42 Å². The summed E-state index contributed by atoms with van der Waals surface area (Å²) in [7, 11) is -3.77. The summed E-state index contributed by atoms with van der Waals surface area (Å²) < 4.78 is 26.6. The fraction of sp³-hybridized carbons (Fsp3) is 0.200. The van der Waals surface area contributed by atoms with Crippen LogP contribution in [0.5, 0.6) is 0 Å². The predicted molar refractivity (Wildman–Crippen MR) is 87.3 cm³/mol. The minimum Gasteiger partial charge on any atom is -0.396 e. The highest BCUT2D eigenvalue weighted by Gasteiger charge is 2.23. The summed E-state index contributed by atoms with van der Waals surface area (Å²) in [6, 6.07) is 1.61. The maximum Gasteiger partial charge on any atom is 0.277 e. The number of rotatable bonds is 3. The van der Waals surface area contributed by atoms with Crippen molar-refractivity contribution in [2.24, 2.45) is 10.9 Å². The maximum absolute atomic E-state index is 12.7. The number of nitrogens with zero attached hydrogens (tertiary/aromatic N) is 3. The Bertz CT molecular complexity index is 974. The Hall–Kier alpha value is -2.59. The van der Waals surface area contributed by atoms with E-state index >= 15 is 0 Å². The lowest BCUT2D eigenvalue weighted by molar-refractivity contribution is 0.595. The molecule has 3 rings (SSSR count). The highest BCUT2D eigenvalue weighted by Crippen LogP contribution is 2.32. The molecule has 0 aromatic carbocycles. The zero-order chi connectivity index (χ0) is 15.9. The van der Waals surface area contributed by atoms with Gasteiger partial charge in [0.1, 0.15) is 4.91 Å². The van der Waals surface area contributed by atoms with Crippen LogP contribution in [0.4, 0.5) is 11.4 Å². The molecule has 2 aromatic heterocycles. The van der Waals surface area contributed by atoms with Crippen LogP contribution >= 0.6 is 0 Å². The molecule has 0 saturated carbocycles. The Morgan fingerprint density at radius 2 is 2.32 bits per heavy atom. The Kier molecular flexibility index (Phi) is 3.26. The Labute approximate surface area is 128 Å². The van der Waals surface area contributed by atoms with Crippen molar-refractivity contribution in [3.8, 4) is 11.8 Å². The average Bonchev–Trinajstić information content (AvgIpc) is 2.92. The fourth-order valence-electron chi connectivity index (χ4n) is 2.30. The highest BCUT2D eigenvalue weighted by atomic mass is 32.2. The van der Waals surface area contributed by atoms with E-state index < -0.39 is 10.0 Å². The van der Waals surface area contributed by atoms with Crippen LogP contribution in [-0.4, -0.2) is 24.1 Å². The van der Waals surface area contributed by atoms with Gasteiger partial charge in [0.2, 0.25) is 0 Å². The molecule has 22 heavy (non-hydrogen) atoms. The van der Waals surface area contributed by atoms with Crippen molar-refractivity contribution in [1.82, 2.24) is 8.96 Å². The standard InChI is InChI=1S/C15H14N4O2S/c1-10-3-5-11(6-4-10)22(20,21)19-8-7-12-14(17-2)13(16)9-18-15(12)19/h5,7-10H,2-3,16H2,1H3. The van der Waals surface area contributed by atoms with E-state index in [9.17, 15) is 8.42 Å². The number of allylic oxidation sites excluding steroid dienone is 2. The molecule has 1 aliphatic rings. The number of nitrogen functional groups attached to an aromatic ring is 1. The molecule has 0 aliphatic heterocycles. The lowest BCUT2D eigenvalue weighted by Crippen LogP contribution is -2.15. The van der Waals surface area contributed by atoms with E-state index in [0.29, 0.717) is 23.2 Å². The van der Waals surface area contributed by atoms with Crippen LogP contribution in [0, 0.1) is 17.8 Å². The number of aliphatic imine (C=N–C) groups is 1. The van der Waals surface area contributed by atoms with Gasteiger partial charge >= 0.3 is 0 Å². The number of pyridine rings is 1. The predicted octanol–water partition coefficient (Wildman–Crippen LogP) is 2.06. The van der Waals surface area contributed by atoms with Crippen LogP contribution in [-0.2, 0) is 10.0 Å². The molecule has 0 bridgehead atoms. The normalized spacial score (nSPS) is 17.7. The first-order valence-electron chi connectivity index (χ1n) is 6.64. The van der Waals surface area contributed by atoms with Gasteiger partial charge in [-0.3, -0.25) is 4.99 Å². The third-order valence-electron chi connectivity index (χ3n) is 3.47. The summed E-state index contributed by atoms with van der Waals surface area (Å²) >= 11 is 0. The molecule has 2 aromatic rings. The minimum absolute atomic E-state index is 0.0924. The molecule has 2 N–H and O–H groups in total. The van der Waals surface area contributed by atoms with E-state index in [4.69, 9.17) is 5.73 Å². The van der Waals surface area contributed by atoms with Gasteiger partial charge in [0.05, 0.1) is 17.6 Å². The molecular weight excluding hydrogens is 300 g/mol. The molecule has 1 aliphatic carbocycles. The van der Waals surface area contributed by atoms with E-state index in [1.165, 1.54) is 12.4 Å². The summed E-state index contributed by atoms with van der Waals surface area (Å²) in [5.74, 6) is 5.78. The van der Waals surface area contributed by atoms with Crippen molar-refractivity contribution in [3.05, 3.63) is 29.4 Å². The van der Waals surface area contributed by atoms with Gasteiger partial charge in [-0.25, -0.2) is 8.96 Å². The molecule has 2 heterocycles. The lowest BCUT2D eigenvalue weighted by atomic mass is 10.1. The van der Waals surface area contributed by atoms with Crippen molar-refractivity contribution < 1.29 is 8.42 Å². The van der Waals surface area contributed by atoms with Gasteiger partial charge in [-0.05, 0) is 19.2 Å². The number of hydrogen-bond acceptors (Lipinski definition) is 5. The third-order valence-corrected chi connectivity index (χ3v) is 5.11. The zero-order valence-corrected chi connectivity index (χ0v) is 12.8. The van der Waals surface area contributed by atoms with Crippen molar-refractivity contribution in [2.75, 3.05) is 5.73 Å². The first-order valence-corrected chi connectivity index (χ1v) is 8.08. The van der Waals surface area contributed by atoms with E-state index in [2.05, 4.69) is 28.5 Å². The molecule has 1 unspecified atom stereocenters. The summed E-state index contributed by atoms with van der Waals surface area (Å²) in [6.07, 6.45) is 5.07. The highest BCUT2D eigenvalue weighted by molar-refractivity contribution is 7.94. The molecule has 6 nitrogen and oxygen atoms in total. The molecule has 112 valence electrons. The minimum atomic E-state index is -3.77. The molecule has 0 saturated heterocycles. The number of hydrogen-bond donors (Lipinski definition) is 1. The summed E-state index contributed by atoms with van der Waals surface area (Å²) in [6.45, 7) is 5.41. The fourth-order valence-corrected chi connectivity index (χ4v) is 3.60. The monoisotopic (exact) mass is 314 g/mol. The SMILES string of the molecule is C=Nc1c(N)cnc2c1ccn2S(=O)(=O)C1=CCC(C)C#C1. The smallest absolute Gasteiger partial charge is 0.277 e. The first kappa shape index (κ1) is 14.4. The van der Waals surface area contributed by atoms with Crippen LogP contribution in [0.2, 0.25) is 0 Å². The Morgan fingerprint density at radius 1 is 1.55 bits per heavy atom. The van der Waals surface area contributed by atoms with Crippen LogP contribution in [0.15, 0.2) is 34.4 Å². The Morgan fingerprint density at radius 3 is 2.95 bits per heavy atom. The second-order valence-electron chi connectivity index (χ2n) is 5.05. The molecule has 0 radical (unpaired) electrons. The number of aromatic nitrogens is 2. The van der Waals surface area contributed by atoms with Crippen LogP contribution < -0.4 is 5.73 Å². The van der Waals surface area contributed by atoms with Crippen molar-refractivity contribution in [3.63, 3.8) is 0 Å². The second kappa shape index (κ2) is 5.00. The van der Waals surface area contributed by atoms with Gasteiger partial charge in [0.15, 0.2) is 5.65 Å². The van der Waals surface area contributed by atoms with E-state index in [1.54, 1.807) is 12.1 Å². The van der Waals surface area contributed by atoms with Crippen molar-refractivity contribution >= 4 is 39.1 Å². The zero-order valence-electron chi connectivity index (χ0n) is 11.9. The molecule has 0 fully saturated rings. The third kappa shape index (κ3) is 2.09. The maximum atomic E-state index is 12.7.